The molecule has 2 N–H and O–H groups in total. The fraction of sp³-hybridized carbons (Fsp3) is 0.412. The predicted octanol–water partition coefficient (Wildman–Crippen LogP) is 0.755. The number of unbranched alkanes of at least 4 members (excludes halogenated alkanes) is 1. The van der Waals surface area contributed by atoms with Gasteiger partial charge in [-0.2, -0.15) is 0 Å². The van der Waals surface area contributed by atoms with Crippen LogP contribution < -0.4 is 5.73 Å². The molecule has 0 spiro atoms. The van der Waals surface area contributed by atoms with Crippen molar-refractivity contribution in [3.05, 3.63) is 35.4 Å². The minimum absolute atomic E-state index is 0.165. The molecule has 0 saturated heterocycles. The summed E-state index contributed by atoms with van der Waals surface area (Å²) < 4.78 is 4.80. The lowest BCUT2D eigenvalue weighted by Gasteiger charge is -2.39. The molecule has 7 heteroatoms. The molecule has 0 saturated carbocycles. The molecule has 1 aromatic carbocycles. The average molecular weight is 332 g/mol. The number of hydrogen-bond donors (Lipinski definition) is 1. The van der Waals surface area contributed by atoms with Crippen LogP contribution in [0.5, 0.6) is 0 Å². The second kappa shape index (κ2) is 6.82. The largest absolute Gasteiger partial charge is 0.468 e. The van der Waals surface area contributed by atoms with Crippen molar-refractivity contribution in [3.63, 3.8) is 0 Å². The third-order valence-electron chi connectivity index (χ3n) is 4.18. The van der Waals surface area contributed by atoms with E-state index >= 15 is 0 Å². The van der Waals surface area contributed by atoms with E-state index in [9.17, 15) is 19.2 Å². The van der Waals surface area contributed by atoms with E-state index in [1.807, 2.05) is 6.92 Å². The lowest BCUT2D eigenvalue weighted by molar-refractivity contribution is -0.158. The molecule has 1 aromatic rings. The summed E-state index contributed by atoms with van der Waals surface area (Å²) in [6.45, 7) is 2.09. The fourth-order valence-electron chi connectivity index (χ4n) is 3.02. The molecule has 2 rings (SSSR count). The highest BCUT2D eigenvalue weighted by atomic mass is 16.5. The Labute approximate surface area is 139 Å². The first-order chi connectivity index (χ1) is 11.4. The Morgan fingerprint density at radius 1 is 1.25 bits per heavy atom. The number of nitrogens with two attached hydrogens (primary N) is 1. The van der Waals surface area contributed by atoms with Gasteiger partial charge in [-0.15, -0.1) is 0 Å². The van der Waals surface area contributed by atoms with Crippen LogP contribution in [-0.2, 0) is 24.5 Å². The number of nitrogens with zero attached hydrogens (tertiary/aromatic N) is 1. The second-order valence-corrected chi connectivity index (χ2v) is 5.70. The zero-order chi connectivity index (χ0) is 17.9. The molecular weight excluding hydrogens is 312 g/mol. The van der Waals surface area contributed by atoms with E-state index in [4.69, 9.17) is 10.5 Å². The molecule has 24 heavy (non-hydrogen) atoms. The van der Waals surface area contributed by atoms with Crippen molar-refractivity contribution in [2.75, 3.05) is 13.7 Å². The SMILES string of the molecule is CCCCN1C(=O)c2ccccc2C(CC(N)=O)(C(=O)OC)C1=O. The van der Waals surface area contributed by atoms with E-state index in [2.05, 4.69) is 0 Å². The number of methoxy groups -OCH3 is 1. The Morgan fingerprint density at radius 2 is 1.92 bits per heavy atom. The first-order valence-electron chi connectivity index (χ1n) is 7.72. The van der Waals surface area contributed by atoms with Gasteiger partial charge in [0.05, 0.1) is 13.5 Å². The van der Waals surface area contributed by atoms with Crippen molar-refractivity contribution in [1.29, 1.82) is 0 Å². The highest BCUT2D eigenvalue weighted by Crippen LogP contribution is 2.39. The van der Waals surface area contributed by atoms with Crippen LogP contribution >= 0.6 is 0 Å². The number of benzene rings is 1. The summed E-state index contributed by atoms with van der Waals surface area (Å²) in [5, 5.41) is 0. The molecule has 128 valence electrons. The maximum absolute atomic E-state index is 13.1. The topological polar surface area (TPSA) is 107 Å². The molecule has 1 aliphatic heterocycles. The monoisotopic (exact) mass is 332 g/mol. The van der Waals surface area contributed by atoms with Gasteiger partial charge >= 0.3 is 5.97 Å². The quantitative estimate of drug-likeness (QED) is 0.470. The van der Waals surface area contributed by atoms with Gasteiger partial charge in [-0.25, -0.2) is 0 Å². The maximum Gasteiger partial charge on any atom is 0.326 e. The van der Waals surface area contributed by atoms with Crippen molar-refractivity contribution in [2.24, 2.45) is 5.73 Å². The van der Waals surface area contributed by atoms with E-state index in [0.717, 1.165) is 18.4 Å². The molecular formula is C17H20N2O5. The Hall–Kier alpha value is -2.70. The Morgan fingerprint density at radius 3 is 2.50 bits per heavy atom. The van der Waals surface area contributed by atoms with Crippen LogP contribution in [0.2, 0.25) is 0 Å². The second-order valence-electron chi connectivity index (χ2n) is 5.70. The Kier molecular flexibility index (Phi) is 5.02. The van der Waals surface area contributed by atoms with Crippen molar-refractivity contribution in [3.8, 4) is 0 Å². The number of fused-ring (bicyclic) bond motifs is 1. The first kappa shape index (κ1) is 17.7. The normalized spacial score (nSPS) is 19.8. The summed E-state index contributed by atoms with van der Waals surface area (Å²) in [6, 6.07) is 6.25. The number of amides is 3. The van der Waals surface area contributed by atoms with Crippen LogP contribution in [0.3, 0.4) is 0 Å². The van der Waals surface area contributed by atoms with E-state index in [1.54, 1.807) is 12.1 Å². The number of hydrogen-bond acceptors (Lipinski definition) is 5. The van der Waals surface area contributed by atoms with Gasteiger partial charge in [0.2, 0.25) is 5.91 Å². The van der Waals surface area contributed by atoms with Gasteiger partial charge in [0.15, 0.2) is 5.41 Å². The summed E-state index contributed by atoms with van der Waals surface area (Å²) in [7, 11) is 1.13. The van der Waals surface area contributed by atoms with E-state index in [1.165, 1.54) is 12.1 Å². The number of primary amides is 1. The number of ether oxygens (including phenoxy) is 1. The van der Waals surface area contributed by atoms with Crippen LogP contribution in [0.25, 0.3) is 0 Å². The Bertz CT molecular complexity index is 700. The van der Waals surface area contributed by atoms with Gasteiger partial charge in [-0.1, -0.05) is 31.5 Å². The van der Waals surface area contributed by atoms with Crippen LogP contribution in [0, 0.1) is 0 Å². The number of carbonyl (C=O) groups is 4. The molecule has 1 unspecified atom stereocenters. The van der Waals surface area contributed by atoms with E-state index in [0.29, 0.717) is 6.42 Å². The lowest BCUT2D eigenvalue weighted by atomic mass is 9.71. The molecule has 3 amide bonds. The number of rotatable bonds is 6. The summed E-state index contributed by atoms with van der Waals surface area (Å²) >= 11 is 0. The molecule has 0 aromatic heterocycles. The number of carbonyl (C=O) groups excluding carboxylic acids is 4. The zero-order valence-corrected chi connectivity index (χ0v) is 13.7. The highest BCUT2D eigenvalue weighted by molar-refractivity contribution is 6.22. The average Bonchev–Trinajstić information content (AvgIpc) is 2.57. The van der Waals surface area contributed by atoms with Crippen molar-refractivity contribution < 1.29 is 23.9 Å². The lowest BCUT2D eigenvalue weighted by Crippen LogP contribution is -2.59. The predicted molar refractivity (Wildman–Crippen MR) is 84.9 cm³/mol. The fourth-order valence-corrected chi connectivity index (χ4v) is 3.02. The van der Waals surface area contributed by atoms with Crippen LogP contribution in [0.1, 0.15) is 42.1 Å². The molecule has 1 aliphatic rings. The summed E-state index contributed by atoms with van der Waals surface area (Å²) in [6.07, 6.45) is 0.804. The third-order valence-corrected chi connectivity index (χ3v) is 4.18. The smallest absolute Gasteiger partial charge is 0.326 e. The van der Waals surface area contributed by atoms with E-state index < -0.39 is 35.5 Å². The van der Waals surface area contributed by atoms with E-state index in [-0.39, 0.29) is 17.7 Å². The molecule has 0 aliphatic carbocycles. The molecule has 0 fully saturated rings. The Balaban J connectivity index is 2.71. The highest BCUT2D eigenvalue weighted by Gasteiger charge is 2.57. The molecule has 0 bridgehead atoms. The molecule has 0 radical (unpaired) electrons. The first-order valence-corrected chi connectivity index (χ1v) is 7.72. The van der Waals surface area contributed by atoms with Gasteiger partial charge in [0.25, 0.3) is 11.8 Å². The van der Waals surface area contributed by atoms with Crippen molar-refractivity contribution in [1.82, 2.24) is 4.90 Å². The molecule has 7 nitrogen and oxygen atoms in total. The van der Waals surface area contributed by atoms with Crippen LogP contribution in [-0.4, -0.2) is 42.2 Å². The van der Waals surface area contributed by atoms with Crippen LogP contribution in [0.15, 0.2) is 24.3 Å². The maximum atomic E-state index is 13.1. The zero-order valence-electron chi connectivity index (χ0n) is 13.7. The third kappa shape index (κ3) is 2.66. The van der Waals surface area contributed by atoms with Gasteiger partial charge in [-0.05, 0) is 18.1 Å². The number of imide groups is 1. The summed E-state index contributed by atoms with van der Waals surface area (Å²) in [5.74, 6) is -2.96. The standard InChI is InChI=1S/C17H20N2O5/c1-3-4-9-19-14(21)11-7-5-6-8-12(11)17(15(19)22,10-13(18)20)16(23)24-2/h5-8H,3-4,9-10H2,1-2H3,(H2,18,20). The minimum Gasteiger partial charge on any atom is -0.468 e. The summed E-state index contributed by atoms with van der Waals surface area (Å²) in [5.41, 5.74) is 3.75. The van der Waals surface area contributed by atoms with Crippen LogP contribution in [0.4, 0.5) is 0 Å². The minimum atomic E-state index is -1.92. The van der Waals surface area contributed by atoms with Gasteiger partial charge < -0.3 is 10.5 Å². The molecule has 1 heterocycles. The van der Waals surface area contributed by atoms with Gasteiger partial charge in [-0.3, -0.25) is 24.1 Å². The van der Waals surface area contributed by atoms with Crippen molar-refractivity contribution in [2.45, 2.75) is 31.6 Å². The van der Waals surface area contributed by atoms with Crippen molar-refractivity contribution >= 4 is 23.7 Å². The number of esters is 1. The van der Waals surface area contributed by atoms with Gasteiger partial charge in [0, 0.05) is 12.1 Å². The molecule has 1 atom stereocenters. The van der Waals surface area contributed by atoms with Gasteiger partial charge in [0.1, 0.15) is 0 Å². The summed E-state index contributed by atoms with van der Waals surface area (Å²) in [4.78, 5) is 50.9.